The first-order valence-electron chi connectivity index (χ1n) is 5.42. The molecule has 0 amide bonds. The lowest BCUT2D eigenvalue weighted by molar-refractivity contribution is 0.103. The highest BCUT2D eigenvalue weighted by Gasteiger charge is 2.21. The molecule has 16 heavy (non-hydrogen) atoms. The molecule has 0 fully saturated rings. The van der Waals surface area contributed by atoms with E-state index in [-0.39, 0.29) is 13.2 Å². The van der Waals surface area contributed by atoms with Crippen LogP contribution in [0.15, 0.2) is 6.20 Å². The lowest BCUT2D eigenvalue weighted by Gasteiger charge is -2.25. The minimum absolute atomic E-state index is 0.0840. The van der Waals surface area contributed by atoms with Gasteiger partial charge in [-0.2, -0.15) is 0 Å². The molecule has 0 aromatic carbocycles. The molecular formula is C11H20N2O2S. The zero-order chi connectivity index (χ0) is 12.2. The van der Waals surface area contributed by atoms with Gasteiger partial charge in [-0.05, 0) is 6.92 Å². The average Bonchev–Trinajstić information content (AvgIpc) is 2.75. The predicted molar refractivity (Wildman–Crippen MR) is 65.6 cm³/mol. The van der Waals surface area contributed by atoms with E-state index in [4.69, 9.17) is 10.2 Å². The summed E-state index contributed by atoms with van der Waals surface area (Å²) in [6.45, 7) is 6.47. The van der Waals surface area contributed by atoms with Crippen molar-refractivity contribution in [1.29, 1.82) is 0 Å². The molecule has 0 aliphatic carbocycles. The minimum atomic E-state index is -0.623. The number of rotatable bonds is 6. The molecule has 1 aromatic heterocycles. The predicted octanol–water partition coefficient (Wildman–Crippen LogP) is 1.10. The zero-order valence-corrected chi connectivity index (χ0v) is 10.8. The molecule has 0 saturated carbocycles. The van der Waals surface area contributed by atoms with Crippen LogP contribution in [0.1, 0.15) is 36.6 Å². The van der Waals surface area contributed by atoms with Crippen molar-refractivity contribution in [3.05, 3.63) is 16.1 Å². The summed E-state index contributed by atoms with van der Waals surface area (Å²) in [6.07, 6.45) is 1.85. The number of nitrogens with zero attached hydrogens (tertiary/aromatic N) is 1. The number of aliphatic hydroxyl groups is 2. The Balaban J connectivity index is 2.54. The summed E-state index contributed by atoms with van der Waals surface area (Å²) < 4.78 is 0. The van der Waals surface area contributed by atoms with E-state index >= 15 is 0 Å². The Labute approximate surface area is 100 Å². The number of hydrogen-bond donors (Lipinski definition) is 3. The first-order valence-corrected chi connectivity index (χ1v) is 6.24. The molecule has 3 N–H and O–H groups in total. The topological polar surface area (TPSA) is 65.4 Å². The monoisotopic (exact) mass is 244 g/mol. The third-order valence-corrected chi connectivity index (χ3v) is 3.75. The van der Waals surface area contributed by atoms with E-state index in [1.807, 2.05) is 6.20 Å². The lowest BCUT2D eigenvalue weighted by atomic mass is 10.1. The zero-order valence-electron chi connectivity index (χ0n) is 10.0. The van der Waals surface area contributed by atoms with Crippen LogP contribution in [0.5, 0.6) is 0 Å². The molecule has 0 bridgehead atoms. The third kappa shape index (κ3) is 3.52. The Morgan fingerprint density at radius 3 is 2.50 bits per heavy atom. The van der Waals surface area contributed by atoms with Gasteiger partial charge < -0.3 is 15.5 Å². The highest BCUT2D eigenvalue weighted by molar-refractivity contribution is 7.11. The molecule has 1 rings (SSSR count). The first-order chi connectivity index (χ1) is 7.50. The second-order valence-corrected chi connectivity index (χ2v) is 5.70. The normalized spacial score (nSPS) is 12.4. The number of aromatic nitrogens is 1. The second kappa shape index (κ2) is 5.72. The largest absolute Gasteiger partial charge is 0.394 e. The summed E-state index contributed by atoms with van der Waals surface area (Å²) in [7, 11) is 0. The van der Waals surface area contributed by atoms with Crippen molar-refractivity contribution >= 4 is 11.3 Å². The lowest BCUT2D eigenvalue weighted by Crippen LogP contribution is -2.48. The second-order valence-electron chi connectivity index (χ2n) is 4.55. The van der Waals surface area contributed by atoms with Crippen LogP contribution >= 0.6 is 11.3 Å². The van der Waals surface area contributed by atoms with Crippen molar-refractivity contribution in [3.63, 3.8) is 0 Å². The summed E-state index contributed by atoms with van der Waals surface area (Å²) >= 11 is 1.67. The van der Waals surface area contributed by atoms with Gasteiger partial charge in [-0.3, -0.25) is 0 Å². The Kier molecular flexibility index (Phi) is 4.86. The standard InChI is InChI=1S/C11H20N2O2S/c1-8(2)10-12-4-9(16-10)5-13-11(3,6-14)7-15/h4,8,13-15H,5-7H2,1-3H3. The molecule has 0 atom stereocenters. The van der Waals surface area contributed by atoms with Gasteiger partial charge in [-0.15, -0.1) is 11.3 Å². The first kappa shape index (κ1) is 13.6. The van der Waals surface area contributed by atoms with Crippen LogP contribution in [0.25, 0.3) is 0 Å². The van der Waals surface area contributed by atoms with Crippen LogP contribution in [0, 0.1) is 0 Å². The maximum absolute atomic E-state index is 9.12. The van der Waals surface area contributed by atoms with Gasteiger partial charge >= 0.3 is 0 Å². The van der Waals surface area contributed by atoms with Gasteiger partial charge in [0.25, 0.3) is 0 Å². The minimum Gasteiger partial charge on any atom is -0.394 e. The van der Waals surface area contributed by atoms with E-state index in [1.165, 1.54) is 0 Å². The van der Waals surface area contributed by atoms with E-state index in [1.54, 1.807) is 18.3 Å². The van der Waals surface area contributed by atoms with Crippen molar-refractivity contribution in [3.8, 4) is 0 Å². The SMILES string of the molecule is CC(C)c1ncc(CNC(C)(CO)CO)s1. The average molecular weight is 244 g/mol. The van der Waals surface area contributed by atoms with Crippen LogP contribution in [0.4, 0.5) is 0 Å². The Morgan fingerprint density at radius 2 is 2.06 bits per heavy atom. The van der Waals surface area contributed by atoms with Crippen molar-refractivity contribution in [2.75, 3.05) is 13.2 Å². The van der Waals surface area contributed by atoms with Crippen molar-refractivity contribution < 1.29 is 10.2 Å². The van der Waals surface area contributed by atoms with Gasteiger partial charge in [0, 0.05) is 23.5 Å². The van der Waals surface area contributed by atoms with Crippen molar-refractivity contribution in [2.24, 2.45) is 0 Å². The van der Waals surface area contributed by atoms with E-state index in [9.17, 15) is 0 Å². The van der Waals surface area contributed by atoms with Gasteiger partial charge in [-0.1, -0.05) is 13.8 Å². The highest BCUT2D eigenvalue weighted by Crippen LogP contribution is 2.21. The van der Waals surface area contributed by atoms with E-state index in [0.29, 0.717) is 12.5 Å². The molecule has 4 nitrogen and oxygen atoms in total. The number of hydrogen-bond acceptors (Lipinski definition) is 5. The number of thiazole rings is 1. The summed E-state index contributed by atoms with van der Waals surface area (Å²) in [5.41, 5.74) is -0.623. The smallest absolute Gasteiger partial charge is 0.0953 e. The van der Waals surface area contributed by atoms with Gasteiger partial charge in [0.05, 0.1) is 23.8 Å². The highest BCUT2D eigenvalue weighted by atomic mass is 32.1. The molecule has 0 aliphatic heterocycles. The molecule has 5 heteroatoms. The molecule has 1 aromatic rings. The molecule has 0 saturated heterocycles. The van der Waals surface area contributed by atoms with Crippen LogP contribution in [0.2, 0.25) is 0 Å². The van der Waals surface area contributed by atoms with E-state index < -0.39 is 5.54 Å². The summed E-state index contributed by atoms with van der Waals surface area (Å²) in [5.74, 6) is 0.445. The molecule has 92 valence electrons. The molecule has 0 spiro atoms. The quantitative estimate of drug-likeness (QED) is 0.701. The number of nitrogens with one attached hydrogen (secondary N) is 1. The van der Waals surface area contributed by atoms with Crippen molar-refractivity contribution in [2.45, 2.75) is 38.8 Å². The van der Waals surface area contributed by atoms with Gasteiger partial charge in [0.2, 0.25) is 0 Å². The molecule has 0 unspecified atom stereocenters. The summed E-state index contributed by atoms with van der Waals surface area (Å²) in [4.78, 5) is 5.44. The van der Waals surface area contributed by atoms with E-state index in [2.05, 4.69) is 24.1 Å². The Morgan fingerprint density at radius 1 is 1.44 bits per heavy atom. The van der Waals surface area contributed by atoms with Crippen molar-refractivity contribution in [1.82, 2.24) is 10.3 Å². The van der Waals surface area contributed by atoms with Crippen LogP contribution in [-0.2, 0) is 6.54 Å². The maximum atomic E-state index is 9.12. The fourth-order valence-electron chi connectivity index (χ4n) is 1.13. The molecule has 1 heterocycles. The third-order valence-electron chi connectivity index (χ3n) is 2.45. The number of aliphatic hydroxyl groups excluding tert-OH is 2. The summed E-state index contributed by atoms with van der Waals surface area (Å²) in [6, 6.07) is 0. The van der Waals surface area contributed by atoms with Gasteiger partial charge in [0.15, 0.2) is 0 Å². The summed E-state index contributed by atoms with van der Waals surface area (Å²) in [5, 5.41) is 22.5. The van der Waals surface area contributed by atoms with Crippen LogP contribution in [-0.4, -0.2) is 33.9 Å². The van der Waals surface area contributed by atoms with Gasteiger partial charge in [-0.25, -0.2) is 4.98 Å². The fourth-order valence-corrected chi connectivity index (χ4v) is 1.99. The molecular weight excluding hydrogens is 224 g/mol. The van der Waals surface area contributed by atoms with E-state index in [0.717, 1.165) is 9.88 Å². The van der Waals surface area contributed by atoms with Crippen LogP contribution < -0.4 is 5.32 Å². The fraction of sp³-hybridized carbons (Fsp3) is 0.727. The van der Waals surface area contributed by atoms with Gasteiger partial charge in [0.1, 0.15) is 0 Å². The maximum Gasteiger partial charge on any atom is 0.0953 e. The Bertz CT molecular complexity index is 322. The molecule has 0 radical (unpaired) electrons. The molecule has 0 aliphatic rings. The van der Waals surface area contributed by atoms with Crippen LogP contribution in [0.3, 0.4) is 0 Å². The Hall–Kier alpha value is -0.490.